The number of ether oxygens (including phenoxy) is 2. The van der Waals surface area contributed by atoms with Crippen LogP contribution in [0.1, 0.15) is 5.56 Å². The van der Waals surface area contributed by atoms with E-state index in [0.717, 1.165) is 22.3 Å². The molecule has 0 bridgehead atoms. The van der Waals surface area contributed by atoms with Crippen molar-refractivity contribution in [2.75, 3.05) is 19.5 Å². The predicted molar refractivity (Wildman–Crippen MR) is 96.5 cm³/mol. The molecule has 122 valence electrons. The molecular formula is C18H16ClN3O2. The molecule has 0 fully saturated rings. The van der Waals surface area contributed by atoms with Gasteiger partial charge in [0, 0.05) is 23.3 Å². The molecule has 0 aliphatic rings. The first-order chi connectivity index (χ1) is 11.2. The average Bonchev–Trinajstić information content (AvgIpc) is 2.61. The highest BCUT2D eigenvalue weighted by molar-refractivity contribution is 5.96. The van der Waals surface area contributed by atoms with Gasteiger partial charge in [0.2, 0.25) is 0 Å². The monoisotopic (exact) mass is 341 g/mol. The van der Waals surface area contributed by atoms with E-state index in [4.69, 9.17) is 9.47 Å². The molecule has 0 unspecified atom stereocenters. The summed E-state index contributed by atoms with van der Waals surface area (Å²) in [5.41, 5.74) is 2.78. The number of nitriles is 1. The van der Waals surface area contributed by atoms with Gasteiger partial charge in [-0.25, -0.2) is 0 Å². The summed E-state index contributed by atoms with van der Waals surface area (Å²) in [5, 5.41) is 13.5. The molecule has 0 atom stereocenters. The van der Waals surface area contributed by atoms with Gasteiger partial charge in [0.05, 0.1) is 31.0 Å². The van der Waals surface area contributed by atoms with E-state index in [0.29, 0.717) is 17.0 Å². The molecule has 24 heavy (non-hydrogen) atoms. The van der Waals surface area contributed by atoms with Gasteiger partial charge in [0.1, 0.15) is 17.6 Å². The second kappa shape index (κ2) is 7.53. The van der Waals surface area contributed by atoms with Gasteiger partial charge in [-0.2, -0.15) is 5.26 Å². The fourth-order valence-corrected chi connectivity index (χ4v) is 2.36. The molecule has 2 aromatic carbocycles. The van der Waals surface area contributed by atoms with Crippen molar-refractivity contribution in [1.29, 1.82) is 5.26 Å². The topological polar surface area (TPSA) is 67.2 Å². The lowest BCUT2D eigenvalue weighted by molar-refractivity contribution is 0.415. The number of rotatable bonds is 4. The molecule has 0 aliphatic carbocycles. The van der Waals surface area contributed by atoms with Crippen molar-refractivity contribution in [1.82, 2.24) is 4.98 Å². The number of nitrogens with one attached hydrogen (secondary N) is 1. The zero-order chi connectivity index (χ0) is 16.2. The first-order valence-corrected chi connectivity index (χ1v) is 7.03. The van der Waals surface area contributed by atoms with Crippen molar-refractivity contribution in [3.05, 3.63) is 54.2 Å². The van der Waals surface area contributed by atoms with E-state index in [-0.39, 0.29) is 12.4 Å². The van der Waals surface area contributed by atoms with E-state index in [9.17, 15) is 5.26 Å². The van der Waals surface area contributed by atoms with E-state index in [1.807, 2.05) is 42.5 Å². The van der Waals surface area contributed by atoms with Gasteiger partial charge in [-0.05, 0) is 30.3 Å². The maximum atomic E-state index is 9.40. The first-order valence-electron chi connectivity index (χ1n) is 7.03. The zero-order valence-corrected chi connectivity index (χ0v) is 14.1. The van der Waals surface area contributed by atoms with E-state index >= 15 is 0 Å². The molecule has 3 aromatic rings. The van der Waals surface area contributed by atoms with Crippen molar-refractivity contribution in [3.8, 4) is 17.6 Å². The number of hydrogen-bond acceptors (Lipinski definition) is 5. The number of anilines is 2. The molecule has 0 saturated heterocycles. The molecular weight excluding hydrogens is 326 g/mol. The molecule has 5 nitrogen and oxygen atoms in total. The van der Waals surface area contributed by atoms with Crippen molar-refractivity contribution in [2.24, 2.45) is 0 Å². The fraction of sp³-hybridized carbons (Fsp3) is 0.111. The van der Waals surface area contributed by atoms with Gasteiger partial charge in [0.15, 0.2) is 0 Å². The summed E-state index contributed by atoms with van der Waals surface area (Å²) in [4.78, 5) is 4.32. The Morgan fingerprint density at radius 1 is 1.04 bits per heavy atom. The maximum Gasteiger partial charge on any atom is 0.120 e. The van der Waals surface area contributed by atoms with Crippen LogP contribution >= 0.6 is 12.4 Å². The minimum Gasteiger partial charge on any atom is -0.497 e. The van der Waals surface area contributed by atoms with Gasteiger partial charge in [0.25, 0.3) is 0 Å². The smallest absolute Gasteiger partial charge is 0.120 e. The third-order valence-corrected chi connectivity index (χ3v) is 3.53. The molecule has 0 radical (unpaired) electrons. The van der Waals surface area contributed by atoms with Crippen LogP contribution in [0.5, 0.6) is 11.5 Å². The molecule has 1 N–H and O–H groups in total. The average molecular weight is 342 g/mol. The Hall–Kier alpha value is -2.97. The van der Waals surface area contributed by atoms with Gasteiger partial charge in [-0.15, -0.1) is 12.4 Å². The van der Waals surface area contributed by atoms with E-state index < -0.39 is 0 Å². The van der Waals surface area contributed by atoms with Gasteiger partial charge in [-0.3, -0.25) is 4.98 Å². The normalized spacial score (nSPS) is 9.71. The minimum absolute atomic E-state index is 0. The van der Waals surface area contributed by atoms with Crippen molar-refractivity contribution in [3.63, 3.8) is 0 Å². The number of hydrogen-bond donors (Lipinski definition) is 1. The van der Waals surface area contributed by atoms with Crippen LogP contribution in [0.25, 0.3) is 10.9 Å². The van der Waals surface area contributed by atoms with E-state index in [1.165, 1.54) is 0 Å². The van der Waals surface area contributed by atoms with Crippen LogP contribution in [0.2, 0.25) is 0 Å². The molecule has 1 aromatic heterocycles. The lowest BCUT2D eigenvalue weighted by atomic mass is 10.1. The Balaban J connectivity index is 0.00000208. The molecule has 0 saturated carbocycles. The second-order valence-electron chi connectivity index (χ2n) is 4.90. The Labute approximate surface area is 146 Å². The Morgan fingerprint density at radius 3 is 2.50 bits per heavy atom. The van der Waals surface area contributed by atoms with Crippen molar-refractivity contribution < 1.29 is 9.47 Å². The molecule has 0 amide bonds. The number of aromatic nitrogens is 1. The largest absolute Gasteiger partial charge is 0.497 e. The Morgan fingerprint density at radius 2 is 1.79 bits per heavy atom. The highest BCUT2D eigenvalue weighted by atomic mass is 35.5. The number of benzene rings is 2. The highest BCUT2D eigenvalue weighted by Gasteiger charge is 2.10. The van der Waals surface area contributed by atoms with Crippen LogP contribution in [0.4, 0.5) is 11.4 Å². The summed E-state index contributed by atoms with van der Waals surface area (Å²) >= 11 is 0. The number of nitrogens with zero attached hydrogens (tertiary/aromatic N) is 2. The molecule has 6 heteroatoms. The Kier molecular flexibility index (Phi) is 5.46. The number of halogens is 1. The second-order valence-corrected chi connectivity index (χ2v) is 4.90. The summed E-state index contributed by atoms with van der Waals surface area (Å²) < 4.78 is 10.5. The van der Waals surface area contributed by atoms with Crippen molar-refractivity contribution >= 4 is 34.7 Å². The maximum absolute atomic E-state index is 9.40. The lowest BCUT2D eigenvalue weighted by Gasteiger charge is -2.13. The van der Waals surface area contributed by atoms with Gasteiger partial charge < -0.3 is 14.8 Å². The quantitative estimate of drug-likeness (QED) is 0.766. The van der Waals surface area contributed by atoms with Crippen LogP contribution in [0, 0.1) is 11.3 Å². The lowest BCUT2D eigenvalue weighted by Crippen LogP contribution is -1.97. The van der Waals surface area contributed by atoms with Gasteiger partial charge >= 0.3 is 0 Å². The zero-order valence-electron chi connectivity index (χ0n) is 13.2. The molecule has 0 spiro atoms. The summed E-state index contributed by atoms with van der Waals surface area (Å²) in [6, 6.07) is 15.3. The van der Waals surface area contributed by atoms with Crippen LogP contribution < -0.4 is 14.8 Å². The highest BCUT2D eigenvalue weighted by Crippen LogP contribution is 2.32. The molecule has 3 rings (SSSR count). The molecule has 0 aliphatic heterocycles. The van der Waals surface area contributed by atoms with E-state index in [1.54, 1.807) is 20.4 Å². The molecule has 1 heterocycles. The fourth-order valence-electron chi connectivity index (χ4n) is 2.36. The first kappa shape index (κ1) is 17.4. The van der Waals surface area contributed by atoms with Crippen LogP contribution in [0.3, 0.4) is 0 Å². The van der Waals surface area contributed by atoms with Crippen LogP contribution in [-0.2, 0) is 0 Å². The number of fused-ring (bicyclic) bond motifs is 1. The summed E-state index contributed by atoms with van der Waals surface area (Å²) in [7, 11) is 3.23. The summed E-state index contributed by atoms with van der Waals surface area (Å²) in [6.07, 6.45) is 1.57. The van der Waals surface area contributed by atoms with Gasteiger partial charge in [-0.1, -0.05) is 6.07 Å². The minimum atomic E-state index is 0. The third kappa shape index (κ3) is 3.34. The predicted octanol–water partition coefficient (Wildman–Crippen LogP) is 4.29. The standard InChI is InChI=1S/C18H15N3O2.ClH/c1-22-14-5-3-4-13(8-14)21-18-12(10-19)11-20-17-7-6-15(23-2)9-16(17)18;/h3-9,11H,1-2H3,(H,20,21);1H. The van der Waals surface area contributed by atoms with Crippen LogP contribution in [-0.4, -0.2) is 19.2 Å². The SMILES string of the molecule is COc1cccc(Nc2c(C#N)cnc3ccc(OC)cc23)c1.Cl. The number of pyridine rings is 1. The van der Waals surface area contributed by atoms with Crippen molar-refractivity contribution in [2.45, 2.75) is 0 Å². The summed E-state index contributed by atoms with van der Waals surface area (Å²) in [5.74, 6) is 1.45. The Bertz CT molecular complexity index is 906. The summed E-state index contributed by atoms with van der Waals surface area (Å²) in [6.45, 7) is 0. The van der Waals surface area contributed by atoms with E-state index in [2.05, 4.69) is 16.4 Å². The van der Waals surface area contributed by atoms with Crippen LogP contribution in [0.15, 0.2) is 48.7 Å². The number of methoxy groups -OCH3 is 2. The third-order valence-electron chi connectivity index (χ3n) is 3.53.